The highest BCUT2D eigenvalue weighted by molar-refractivity contribution is 7.91. The third-order valence-electron chi connectivity index (χ3n) is 3.85. The maximum atomic E-state index is 11.9. The van der Waals surface area contributed by atoms with E-state index in [9.17, 15) is 18.5 Å². The van der Waals surface area contributed by atoms with Gasteiger partial charge in [-0.1, -0.05) is 0 Å². The molecule has 1 N–H and O–H groups in total. The molecule has 0 atom stereocenters. The molecule has 0 unspecified atom stereocenters. The van der Waals surface area contributed by atoms with Crippen LogP contribution in [0.4, 0.5) is 0 Å². The molecule has 1 heterocycles. The minimum absolute atomic E-state index is 0.115. The Morgan fingerprint density at radius 2 is 1.84 bits per heavy atom. The Bertz CT molecular complexity index is 475. The fourth-order valence-electron chi connectivity index (χ4n) is 2.66. The Morgan fingerprint density at radius 1 is 1.26 bits per heavy atom. The Kier molecular flexibility index (Phi) is 4.11. The summed E-state index contributed by atoms with van der Waals surface area (Å²) in [5.74, 6) is 0.0515. The Morgan fingerprint density at radius 3 is 2.37 bits per heavy atom. The lowest BCUT2D eigenvalue weighted by Crippen LogP contribution is -2.51. The van der Waals surface area contributed by atoms with E-state index in [1.165, 1.54) is 0 Å². The highest BCUT2D eigenvalue weighted by Crippen LogP contribution is 2.28. The van der Waals surface area contributed by atoms with E-state index in [-0.39, 0.29) is 24.0 Å². The highest BCUT2D eigenvalue weighted by Gasteiger charge is 2.35. The number of amides is 1. The van der Waals surface area contributed by atoms with Gasteiger partial charge in [-0.2, -0.15) is 5.26 Å². The summed E-state index contributed by atoms with van der Waals surface area (Å²) in [5, 5.41) is 12.0. The van der Waals surface area contributed by atoms with Crippen molar-refractivity contribution in [1.29, 1.82) is 5.26 Å². The van der Waals surface area contributed by atoms with Crippen molar-refractivity contribution in [2.24, 2.45) is 0 Å². The molecule has 0 aromatic rings. The topological polar surface area (TPSA) is 90.3 Å². The zero-order valence-corrected chi connectivity index (χ0v) is 11.7. The van der Waals surface area contributed by atoms with E-state index < -0.39 is 15.4 Å². The highest BCUT2D eigenvalue weighted by atomic mass is 32.2. The van der Waals surface area contributed by atoms with Crippen LogP contribution in [0.1, 0.15) is 25.7 Å². The molecule has 2 aliphatic rings. The first-order valence-electron chi connectivity index (χ1n) is 6.60. The lowest BCUT2D eigenvalue weighted by molar-refractivity contribution is -0.123. The fraction of sp³-hybridized carbons (Fsp3) is 0.833. The summed E-state index contributed by atoms with van der Waals surface area (Å²) in [6.07, 6.45) is 3.36. The number of nitrogens with zero attached hydrogens (tertiary/aromatic N) is 2. The molecule has 1 saturated carbocycles. The summed E-state index contributed by atoms with van der Waals surface area (Å²) >= 11 is 0. The lowest BCUT2D eigenvalue weighted by Gasteiger charge is -2.28. The molecular weight excluding hydrogens is 266 g/mol. The number of carbonyl (C=O) groups excluding carboxylic acids is 1. The minimum atomic E-state index is -2.92. The van der Waals surface area contributed by atoms with Gasteiger partial charge in [-0.15, -0.1) is 0 Å². The molecule has 1 saturated heterocycles. The van der Waals surface area contributed by atoms with E-state index in [4.69, 9.17) is 0 Å². The van der Waals surface area contributed by atoms with Crippen molar-refractivity contribution in [1.82, 2.24) is 10.2 Å². The van der Waals surface area contributed by atoms with E-state index in [0.29, 0.717) is 25.9 Å². The van der Waals surface area contributed by atoms with Gasteiger partial charge in [0.2, 0.25) is 5.91 Å². The second-order valence-electron chi connectivity index (χ2n) is 5.38. The van der Waals surface area contributed by atoms with Gasteiger partial charge in [0.05, 0.1) is 24.1 Å². The van der Waals surface area contributed by atoms with Gasteiger partial charge in [0.15, 0.2) is 9.84 Å². The van der Waals surface area contributed by atoms with Gasteiger partial charge in [-0.3, -0.25) is 9.69 Å². The van der Waals surface area contributed by atoms with E-state index >= 15 is 0 Å². The van der Waals surface area contributed by atoms with Gasteiger partial charge in [-0.05, 0) is 25.7 Å². The van der Waals surface area contributed by atoms with E-state index in [2.05, 4.69) is 11.4 Å². The van der Waals surface area contributed by atoms with Crippen molar-refractivity contribution in [3.63, 3.8) is 0 Å². The van der Waals surface area contributed by atoms with Crippen LogP contribution in [0.5, 0.6) is 0 Å². The fourth-order valence-corrected chi connectivity index (χ4v) is 3.94. The van der Waals surface area contributed by atoms with Crippen LogP contribution < -0.4 is 5.32 Å². The average Bonchev–Trinajstić information content (AvgIpc) is 2.81. The third kappa shape index (κ3) is 3.67. The van der Waals surface area contributed by atoms with Gasteiger partial charge in [-0.25, -0.2) is 8.42 Å². The van der Waals surface area contributed by atoms with Crippen LogP contribution in [0.25, 0.3) is 0 Å². The molecule has 0 aromatic heterocycles. The zero-order chi connectivity index (χ0) is 13.9. The third-order valence-corrected chi connectivity index (χ3v) is 5.46. The first kappa shape index (κ1) is 14.3. The van der Waals surface area contributed by atoms with Crippen molar-refractivity contribution in [2.45, 2.75) is 31.2 Å². The number of sulfone groups is 1. The Labute approximate surface area is 113 Å². The second kappa shape index (κ2) is 5.47. The summed E-state index contributed by atoms with van der Waals surface area (Å²) in [5.41, 5.74) is -0.695. The van der Waals surface area contributed by atoms with Crippen LogP contribution in [-0.2, 0) is 14.6 Å². The lowest BCUT2D eigenvalue weighted by atomic mass is 10.00. The molecular formula is C12H19N3O3S. The summed E-state index contributed by atoms with van der Waals surface area (Å²) in [4.78, 5) is 13.8. The number of carbonyl (C=O) groups is 1. The number of nitriles is 1. The van der Waals surface area contributed by atoms with Crippen LogP contribution in [0.2, 0.25) is 0 Å². The SMILES string of the molecule is N#CC1(NC(=O)CN2CCS(=O)(=O)CC2)CCCC1. The summed E-state index contributed by atoms with van der Waals surface area (Å²) in [6, 6.07) is 2.21. The number of hydrogen-bond acceptors (Lipinski definition) is 5. The molecule has 0 bridgehead atoms. The predicted molar refractivity (Wildman–Crippen MR) is 70.0 cm³/mol. The van der Waals surface area contributed by atoms with E-state index in [1.807, 2.05) is 4.90 Å². The first-order chi connectivity index (χ1) is 8.95. The summed E-state index contributed by atoms with van der Waals surface area (Å²) < 4.78 is 22.6. The van der Waals surface area contributed by atoms with Crippen molar-refractivity contribution < 1.29 is 13.2 Å². The molecule has 1 aliphatic carbocycles. The normalized spacial score (nSPS) is 25.6. The summed E-state index contributed by atoms with van der Waals surface area (Å²) in [6.45, 7) is 0.976. The number of nitrogens with one attached hydrogen (secondary N) is 1. The number of rotatable bonds is 3. The molecule has 106 valence electrons. The average molecular weight is 285 g/mol. The van der Waals surface area contributed by atoms with Crippen LogP contribution in [-0.4, -0.2) is 55.9 Å². The Balaban J connectivity index is 1.84. The van der Waals surface area contributed by atoms with Gasteiger partial charge in [0, 0.05) is 13.1 Å². The van der Waals surface area contributed by atoms with Gasteiger partial charge in [0.25, 0.3) is 0 Å². The molecule has 0 radical (unpaired) electrons. The molecule has 2 fully saturated rings. The van der Waals surface area contributed by atoms with Gasteiger partial charge < -0.3 is 5.32 Å². The maximum absolute atomic E-state index is 11.9. The molecule has 6 nitrogen and oxygen atoms in total. The van der Waals surface area contributed by atoms with E-state index in [0.717, 1.165) is 12.8 Å². The summed E-state index contributed by atoms with van der Waals surface area (Å²) in [7, 11) is -2.92. The van der Waals surface area contributed by atoms with E-state index in [1.54, 1.807) is 0 Å². The largest absolute Gasteiger partial charge is 0.337 e. The smallest absolute Gasteiger partial charge is 0.235 e. The van der Waals surface area contributed by atoms with Crippen LogP contribution in [0, 0.1) is 11.3 Å². The molecule has 19 heavy (non-hydrogen) atoms. The molecule has 1 amide bonds. The minimum Gasteiger partial charge on any atom is -0.337 e. The molecule has 0 aromatic carbocycles. The second-order valence-corrected chi connectivity index (χ2v) is 7.68. The van der Waals surface area contributed by atoms with Crippen LogP contribution in [0.15, 0.2) is 0 Å². The van der Waals surface area contributed by atoms with Crippen LogP contribution >= 0.6 is 0 Å². The van der Waals surface area contributed by atoms with Gasteiger partial charge >= 0.3 is 0 Å². The molecule has 1 aliphatic heterocycles. The van der Waals surface area contributed by atoms with Crippen molar-refractivity contribution in [2.75, 3.05) is 31.1 Å². The quantitative estimate of drug-likeness (QED) is 0.767. The van der Waals surface area contributed by atoms with Gasteiger partial charge in [0.1, 0.15) is 5.54 Å². The molecule has 2 rings (SSSR count). The molecule has 7 heteroatoms. The standard InChI is InChI=1S/C12H19N3O3S/c13-10-12(3-1-2-4-12)14-11(16)9-15-5-7-19(17,18)8-6-15/h1-9H2,(H,14,16). The Hall–Kier alpha value is -1.13. The van der Waals surface area contributed by atoms with Crippen molar-refractivity contribution >= 4 is 15.7 Å². The van der Waals surface area contributed by atoms with Crippen LogP contribution in [0.3, 0.4) is 0 Å². The first-order valence-corrected chi connectivity index (χ1v) is 8.42. The maximum Gasteiger partial charge on any atom is 0.235 e. The van der Waals surface area contributed by atoms with Crippen molar-refractivity contribution in [3.8, 4) is 6.07 Å². The van der Waals surface area contributed by atoms with Crippen molar-refractivity contribution in [3.05, 3.63) is 0 Å². The molecule has 0 spiro atoms. The predicted octanol–water partition coefficient (Wildman–Crippen LogP) is -0.331. The zero-order valence-electron chi connectivity index (χ0n) is 10.9. The monoisotopic (exact) mass is 285 g/mol. The number of hydrogen-bond donors (Lipinski definition) is 1.